The molecule has 0 aromatic heterocycles. The van der Waals surface area contributed by atoms with Crippen molar-refractivity contribution in [3.63, 3.8) is 0 Å². The third kappa shape index (κ3) is 2.69. The summed E-state index contributed by atoms with van der Waals surface area (Å²) < 4.78 is 5.83. The number of piperidine rings is 1. The van der Waals surface area contributed by atoms with Gasteiger partial charge in [0.2, 0.25) is 5.91 Å². The topological polar surface area (TPSA) is 61.8 Å². The molecule has 136 valence electrons. The standard InChI is InChI=1S/C19H32N2O3/c1-2-24-17-12-16(22)19(17)7-9-21(10-8-19)18(23)15-11-13-5-3-4-6-14(13)20-15/h13-17,20,22H,2-12H2,1H3/t13-,14+,15+,16+,17-/m1/s1. The second kappa shape index (κ2) is 6.58. The second-order valence-electron chi connectivity index (χ2n) is 8.36. The highest BCUT2D eigenvalue weighted by molar-refractivity contribution is 5.82. The van der Waals surface area contributed by atoms with Crippen LogP contribution in [0, 0.1) is 11.3 Å². The first-order chi connectivity index (χ1) is 11.6. The van der Waals surface area contributed by atoms with Gasteiger partial charge in [-0.1, -0.05) is 12.8 Å². The molecule has 24 heavy (non-hydrogen) atoms. The number of hydrogen-bond donors (Lipinski definition) is 2. The number of nitrogens with zero attached hydrogens (tertiary/aromatic N) is 1. The third-order valence-electron chi connectivity index (χ3n) is 7.28. The van der Waals surface area contributed by atoms with Gasteiger partial charge in [-0.15, -0.1) is 0 Å². The van der Waals surface area contributed by atoms with E-state index < -0.39 is 0 Å². The summed E-state index contributed by atoms with van der Waals surface area (Å²) in [5.74, 6) is 1.00. The summed E-state index contributed by atoms with van der Waals surface area (Å²) in [5.41, 5.74) is -0.0934. The molecule has 2 N–H and O–H groups in total. The molecule has 4 aliphatic rings. The summed E-state index contributed by atoms with van der Waals surface area (Å²) in [4.78, 5) is 15.0. The van der Waals surface area contributed by atoms with Crippen molar-refractivity contribution in [3.8, 4) is 0 Å². The van der Waals surface area contributed by atoms with Crippen LogP contribution in [-0.4, -0.2) is 59.9 Å². The molecule has 5 atom stereocenters. The first kappa shape index (κ1) is 16.8. The highest BCUT2D eigenvalue weighted by Gasteiger charge is 2.56. The molecular formula is C19H32N2O3. The average Bonchev–Trinajstić information content (AvgIpc) is 3.05. The molecule has 0 aromatic rings. The lowest BCUT2D eigenvalue weighted by Gasteiger charge is -2.56. The van der Waals surface area contributed by atoms with Gasteiger partial charge in [0.05, 0.1) is 18.2 Å². The number of aliphatic hydroxyl groups excluding tert-OH is 1. The minimum atomic E-state index is -0.251. The minimum Gasteiger partial charge on any atom is -0.392 e. The monoisotopic (exact) mass is 336 g/mol. The largest absolute Gasteiger partial charge is 0.392 e. The molecule has 0 radical (unpaired) electrons. The molecule has 5 heteroatoms. The predicted molar refractivity (Wildman–Crippen MR) is 91.6 cm³/mol. The highest BCUT2D eigenvalue weighted by atomic mass is 16.5. The Morgan fingerprint density at radius 1 is 1.25 bits per heavy atom. The van der Waals surface area contributed by atoms with Crippen molar-refractivity contribution in [1.29, 1.82) is 0 Å². The summed E-state index contributed by atoms with van der Waals surface area (Å²) in [6, 6.07) is 0.598. The molecule has 5 nitrogen and oxygen atoms in total. The maximum Gasteiger partial charge on any atom is 0.239 e. The van der Waals surface area contributed by atoms with Crippen LogP contribution in [0.25, 0.3) is 0 Å². The molecule has 2 aliphatic heterocycles. The van der Waals surface area contributed by atoms with Gasteiger partial charge in [0.1, 0.15) is 0 Å². The molecule has 2 saturated heterocycles. The van der Waals surface area contributed by atoms with E-state index in [0.717, 1.165) is 38.8 Å². The second-order valence-corrected chi connectivity index (χ2v) is 8.36. The van der Waals surface area contributed by atoms with E-state index in [4.69, 9.17) is 4.74 Å². The summed E-state index contributed by atoms with van der Waals surface area (Å²) in [5, 5.41) is 13.9. The van der Waals surface area contributed by atoms with Crippen LogP contribution >= 0.6 is 0 Å². The number of aliphatic hydroxyl groups is 1. The quantitative estimate of drug-likeness (QED) is 0.823. The zero-order valence-corrected chi connectivity index (χ0v) is 14.9. The summed E-state index contributed by atoms with van der Waals surface area (Å²) in [6.07, 6.45) is 8.62. The Labute approximate surface area is 145 Å². The van der Waals surface area contributed by atoms with Gasteiger partial charge >= 0.3 is 0 Å². The van der Waals surface area contributed by atoms with E-state index in [1.807, 2.05) is 11.8 Å². The maximum atomic E-state index is 12.9. The SMILES string of the molecule is CCO[C@@H]1C[C@H](O)C12CCN(C(=O)[C@@H]1C[C@H]3CCCC[C@@H]3N1)CC2. The van der Waals surface area contributed by atoms with Crippen LogP contribution in [0.1, 0.15) is 58.3 Å². The Balaban J connectivity index is 1.33. The maximum absolute atomic E-state index is 12.9. The van der Waals surface area contributed by atoms with E-state index in [9.17, 15) is 9.90 Å². The normalized spacial score (nSPS) is 41.1. The van der Waals surface area contributed by atoms with Gasteiger partial charge in [0, 0.05) is 37.6 Å². The predicted octanol–water partition coefficient (Wildman–Crippen LogP) is 1.69. The van der Waals surface area contributed by atoms with Gasteiger partial charge in [0.25, 0.3) is 0 Å². The number of amides is 1. The summed E-state index contributed by atoms with van der Waals surface area (Å²) >= 11 is 0. The van der Waals surface area contributed by atoms with Crippen molar-refractivity contribution in [1.82, 2.24) is 10.2 Å². The van der Waals surface area contributed by atoms with Crippen LogP contribution in [0.5, 0.6) is 0 Å². The number of carbonyl (C=O) groups excluding carboxylic acids is 1. The van der Waals surface area contributed by atoms with E-state index in [1.54, 1.807) is 0 Å². The molecule has 2 heterocycles. The van der Waals surface area contributed by atoms with Crippen LogP contribution in [0.2, 0.25) is 0 Å². The van der Waals surface area contributed by atoms with E-state index in [1.165, 1.54) is 25.7 Å². The van der Waals surface area contributed by atoms with Gasteiger partial charge in [-0.25, -0.2) is 0 Å². The fourth-order valence-corrected chi connectivity index (χ4v) is 5.69. The smallest absolute Gasteiger partial charge is 0.239 e. The Kier molecular flexibility index (Phi) is 4.61. The van der Waals surface area contributed by atoms with Crippen molar-refractivity contribution in [3.05, 3.63) is 0 Å². The van der Waals surface area contributed by atoms with Crippen molar-refractivity contribution >= 4 is 5.91 Å². The van der Waals surface area contributed by atoms with Gasteiger partial charge in [-0.05, 0) is 44.9 Å². The highest BCUT2D eigenvalue weighted by Crippen LogP contribution is 2.51. The van der Waals surface area contributed by atoms with Crippen LogP contribution in [0.4, 0.5) is 0 Å². The molecule has 1 spiro atoms. The molecule has 4 fully saturated rings. The van der Waals surface area contributed by atoms with Crippen molar-refractivity contribution in [2.24, 2.45) is 11.3 Å². The van der Waals surface area contributed by atoms with Crippen LogP contribution in [0.15, 0.2) is 0 Å². The molecular weight excluding hydrogens is 304 g/mol. The Bertz CT molecular complexity index is 459. The van der Waals surface area contributed by atoms with Crippen LogP contribution in [-0.2, 0) is 9.53 Å². The third-order valence-corrected chi connectivity index (χ3v) is 7.28. The Morgan fingerprint density at radius 2 is 2.00 bits per heavy atom. The van der Waals surface area contributed by atoms with Crippen molar-refractivity contribution < 1.29 is 14.6 Å². The lowest BCUT2D eigenvalue weighted by atomic mass is 9.58. The molecule has 2 saturated carbocycles. The Hall–Kier alpha value is -0.650. The number of carbonyl (C=O) groups is 1. The van der Waals surface area contributed by atoms with Gasteiger partial charge in [0.15, 0.2) is 0 Å². The van der Waals surface area contributed by atoms with E-state index in [2.05, 4.69) is 5.32 Å². The number of hydrogen-bond acceptors (Lipinski definition) is 4. The fourth-order valence-electron chi connectivity index (χ4n) is 5.69. The molecule has 1 amide bonds. The van der Waals surface area contributed by atoms with Crippen LogP contribution in [0.3, 0.4) is 0 Å². The first-order valence-corrected chi connectivity index (χ1v) is 9.98. The van der Waals surface area contributed by atoms with Gasteiger partial charge in [-0.3, -0.25) is 4.79 Å². The lowest BCUT2D eigenvalue weighted by Crippen LogP contribution is -2.63. The molecule has 0 bridgehead atoms. The van der Waals surface area contributed by atoms with Gasteiger partial charge < -0.3 is 20.1 Å². The number of rotatable bonds is 3. The molecule has 4 rings (SSSR count). The fraction of sp³-hybridized carbons (Fsp3) is 0.947. The van der Waals surface area contributed by atoms with Crippen molar-refractivity contribution in [2.45, 2.75) is 82.6 Å². The Morgan fingerprint density at radius 3 is 2.67 bits per heavy atom. The molecule has 0 unspecified atom stereocenters. The van der Waals surface area contributed by atoms with Crippen molar-refractivity contribution in [2.75, 3.05) is 19.7 Å². The zero-order chi connectivity index (χ0) is 16.7. The van der Waals surface area contributed by atoms with Gasteiger partial charge in [-0.2, -0.15) is 0 Å². The summed E-state index contributed by atoms with van der Waals surface area (Å²) in [7, 11) is 0. The van der Waals surface area contributed by atoms with E-state index >= 15 is 0 Å². The number of likely N-dealkylation sites (tertiary alicyclic amines) is 1. The number of ether oxygens (including phenoxy) is 1. The average molecular weight is 336 g/mol. The molecule has 0 aromatic carbocycles. The zero-order valence-electron chi connectivity index (χ0n) is 14.9. The first-order valence-electron chi connectivity index (χ1n) is 9.98. The molecule has 2 aliphatic carbocycles. The summed E-state index contributed by atoms with van der Waals surface area (Å²) in [6.45, 7) is 4.26. The van der Waals surface area contributed by atoms with E-state index in [-0.39, 0.29) is 23.7 Å². The lowest BCUT2D eigenvalue weighted by molar-refractivity contribution is -0.210. The number of nitrogens with one attached hydrogen (secondary N) is 1. The van der Waals surface area contributed by atoms with Crippen LogP contribution < -0.4 is 5.32 Å². The minimum absolute atomic E-state index is 0.0288. The van der Waals surface area contributed by atoms with E-state index in [0.29, 0.717) is 24.5 Å². The number of fused-ring (bicyclic) bond motifs is 1.